The zero-order valence-electron chi connectivity index (χ0n) is 10.2. The van der Waals surface area contributed by atoms with Gasteiger partial charge in [0.15, 0.2) is 0 Å². The van der Waals surface area contributed by atoms with Gasteiger partial charge in [-0.2, -0.15) is 0 Å². The number of hydrogen-bond acceptors (Lipinski definition) is 2. The Hall–Kier alpha value is -0.640. The minimum atomic E-state index is -0.172. The molecule has 98 valence electrons. The number of benzene rings is 1. The van der Waals surface area contributed by atoms with E-state index in [-0.39, 0.29) is 5.82 Å². The molecule has 18 heavy (non-hydrogen) atoms. The van der Waals surface area contributed by atoms with Crippen LogP contribution in [0.15, 0.2) is 18.2 Å². The van der Waals surface area contributed by atoms with Gasteiger partial charge in [-0.25, -0.2) is 4.39 Å². The van der Waals surface area contributed by atoms with E-state index in [1.807, 2.05) is 0 Å². The van der Waals surface area contributed by atoms with Crippen molar-refractivity contribution in [3.8, 4) is 0 Å². The highest BCUT2D eigenvalue weighted by Crippen LogP contribution is 2.35. The summed E-state index contributed by atoms with van der Waals surface area (Å²) in [5, 5.41) is 0.596. The van der Waals surface area contributed by atoms with Crippen LogP contribution in [0.5, 0.6) is 0 Å². The van der Waals surface area contributed by atoms with E-state index in [4.69, 9.17) is 16.3 Å². The fourth-order valence-electron chi connectivity index (χ4n) is 2.53. The molecule has 0 spiro atoms. The molecule has 1 heterocycles. The number of morpholine rings is 1. The second-order valence-electron chi connectivity index (χ2n) is 5.22. The van der Waals surface area contributed by atoms with Gasteiger partial charge in [0.1, 0.15) is 5.82 Å². The zero-order chi connectivity index (χ0) is 12.5. The average Bonchev–Trinajstić information content (AvgIpc) is 3.18. The summed E-state index contributed by atoms with van der Waals surface area (Å²) in [4.78, 5) is 2.27. The minimum Gasteiger partial charge on any atom is -0.375 e. The third-order valence-electron chi connectivity index (χ3n) is 3.73. The topological polar surface area (TPSA) is 12.5 Å². The van der Waals surface area contributed by atoms with Crippen LogP contribution < -0.4 is 0 Å². The molecule has 1 aliphatic heterocycles. The SMILES string of the molecule is Fc1ccc(Cl)cc1CN1CCO[C@H](C2CC2)C1. The molecule has 1 aromatic carbocycles. The van der Waals surface area contributed by atoms with Gasteiger partial charge in [0.05, 0.1) is 12.7 Å². The van der Waals surface area contributed by atoms with Crippen LogP contribution in [0.3, 0.4) is 0 Å². The Labute approximate surface area is 112 Å². The minimum absolute atomic E-state index is 0.172. The van der Waals surface area contributed by atoms with Gasteiger partial charge in [-0.05, 0) is 37.0 Å². The lowest BCUT2D eigenvalue weighted by Crippen LogP contribution is -2.43. The van der Waals surface area contributed by atoms with Crippen LogP contribution in [-0.2, 0) is 11.3 Å². The quantitative estimate of drug-likeness (QED) is 0.836. The maximum atomic E-state index is 13.7. The highest BCUT2D eigenvalue weighted by molar-refractivity contribution is 6.30. The van der Waals surface area contributed by atoms with Crippen LogP contribution in [0.1, 0.15) is 18.4 Å². The molecule has 4 heteroatoms. The van der Waals surface area contributed by atoms with Crippen molar-refractivity contribution in [2.24, 2.45) is 5.92 Å². The summed E-state index contributed by atoms with van der Waals surface area (Å²) in [5.41, 5.74) is 0.680. The monoisotopic (exact) mass is 269 g/mol. The molecular formula is C14H17ClFNO. The maximum absolute atomic E-state index is 13.7. The molecule has 1 aromatic rings. The van der Waals surface area contributed by atoms with Crippen molar-refractivity contribution in [1.29, 1.82) is 0 Å². The highest BCUT2D eigenvalue weighted by atomic mass is 35.5. The van der Waals surface area contributed by atoms with Crippen molar-refractivity contribution in [1.82, 2.24) is 4.90 Å². The first-order valence-electron chi connectivity index (χ1n) is 6.50. The summed E-state index contributed by atoms with van der Waals surface area (Å²) in [6, 6.07) is 4.75. The third kappa shape index (κ3) is 2.85. The van der Waals surface area contributed by atoms with Crippen molar-refractivity contribution in [2.45, 2.75) is 25.5 Å². The molecule has 2 aliphatic rings. The zero-order valence-corrected chi connectivity index (χ0v) is 11.0. The fraction of sp³-hybridized carbons (Fsp3) is 0.571. The second-order valence-corrected chi connectivity index (χ2v) is 5.65. The van der Waals surface area contributed by atoms with E-state index < -0.39 is 0 Å². The summed E-state index contributed by atoms with van der Waals surface area (Å²) >= 11 is 5.91. The fourth-order valence-corrected chi connectivity index (χ4v) is 2.73. The van der Waals surface area contributed by atoms with Crippen molar-refractivity contribution < 1.29 is 9.13 Å². The molecule has 0 unspecified atom stereocenters. The van der Waals surface area contributed by atoms with E-state index in [2.05, 4.69) is 4.90 Å². The lowest BCUT2D eigenvalue weighted by atomic mass is 10.1. The van der Waals surface area contributed by atoms with Gasteiger partial charge >= 0.3 is 0 Å². The Morgan fingerprint density at radius 1 is 1.39 bits per heavy atom. The largest absolute Gasteiger partial charge is 0.375 e. The maximum Gasteiger partial charge on any atom is 0.127 e. The first kappa shape index (κ1) is 12.4. The van der Waals surface area contributed by atoms with E-state index in [1.54, 1.807) is 12.1 Å². The Bertz CT molecular complexity index is 436. The third-order valence-corrected chi connectivity index (χ3v) is 3.96. The lowest BCUT2D eigenvalue weighted by Gasteiger charge is -2.33. The second kappa shape index (κ2) is 5.16. The van der Waals surface area contributed by atoms with Gasteiger partial charge in [0, 0.05) is 30.2 Å². The van der Waals surface area contributed by atoms with Crippen LogP contribution in [0.2, 0.25) is 5.02 Å². The molecule has 2 fully saturated rings. The summed E-state index contributed by atoms with van der Waals surface area (Å²) < 4.78 is 19.4. The van der Waals surface area contributed by atoms with E-state index in [1.165, 1.54) is 18.9 Å². The molecule has 1 aliphatic carbocycles. The molecule has 0 amide bonds. The van der Waals surface area contributed by atoms with Crippen LogP contribution >= 0.6 is 11.6 Å². The first-order chi connectivity index (χ1) is 8.72. The number of halogens is 2. The Balaban J connectivity index is 1.65. The summed E-state index contributed by atoms with van der Waals surface area (Å²) in [6.07, 6.45) is 2.91. The lowest BCUT2D eigenvalue weighted by molar-refractivity contribution is -0.0421. The summed E-state index contributed by atoms with van der Waals surface area (Å²) in [5.74, 6) is 0.561. The molecule has 3 rings (SSSR count). The molecule has 0 radical (unpaired) electrons. The van der Waals surface area contributed by atoms with Gasteiger partial charge in [-0.3, -0.25) is 4.90 Å². The summed E-state index contributed by atoms with van der Waals surface area (Å²) in [7, 11) is 0. The van der Waals surface area contributed by atoms with Crippen molar-refractivity contribution in [3.63, 3.8) is 0 Å². The van der Waals surface area contributed by atoms with E-state index in [0.717, 1.165) is 25.6 Å². The summed E-state index contributed by atoms with van der Waals surface area (Å²) in [6.45, 7) is 3.16. The first-order valence-corrected chi connectivity index (χ1v) is 6.88. The standard InChI is InChI=1S/C14H17ClFNO/c15-12-3-4-13(16)11(7-12)8-17-5-6-18-14(9-17)10-1-2-10/h3-4,7,10,14H,1-2,5-6,8-9H2/t14-/m0/s1. The Kier molecular flexibility index (Phi) is 3.55. The number of rotatable bonds is 3. The molecule has 2 nitrogen and oxygen atoms in total. The number of hydrogen-bond donors (Lipinski definition) is 0. The normalized spacial score (nSPS) is 25.3. The van der Waals surface area contributed by atoms with Crippen LogP contribution in [0, 0.1) is 11.7 Å². The molecule has 0 aromatic heterocycles. The van der Waals surface area contributed by atoms with Gasteiger partial charge in [0.25, 0.3) is 0 Å². The van der Waals surface area contributed by atoms with Crippen molar-refractivity contribution >= 4 is 11.6 Å². The van der Waals surface area contributed by atoms with Gasteiger partial charge in [0.2, 0.25) is 0 Å². The van der Waals surface area contributed by atoms with E-state index in [0.29, 0.717) is 23.2 Å². The Morgan fingerprint density at radius 2 is 2.22 bits per heavy atom. The predicted molar refractivity (Wildman–Crippen MR) is 69.2 cm³/mol. The van der Waals surface area contributed by atoms with Gasteiger partial charge < -0.3 is 4.74 Å². The van der Waals surface area contributed by atoms with Crippen LogP contribution in [0.25, 0.3) is 0 Å². The molecule has 1 atom stereocenters. The Morgan fingerprint density at radius 3 is 3.00 bits per heavy atom. The van der Waals surface area contributed by atoms with Gasteiger partial charge in [-0.1, -0.05) is 11.6 Å². The van der Waals surface area contributed by atoms with Crippen LogP contribution in [-0.4, -0.2) is 30.7 Å². The number of nitrogens with zero attached hydrogens (tertiary/aromatic N) is 1. The molecule has 0 bridgehead atoms. The van der Waals surface area contributed by atoms with Crippen molar-refractivity contribution in [3.05, 3.63) is 34.6 Å². The molecule has 1 saturated heterocycles. The molecular weight excluding hydrogens is 253 g/mol. The van der Waals surface area contributed by atoms with E-state index in [9.17, 15) is 4.39 Å². The van der Waals surface area contributed by atoms with Crippen molar-refractivity contribution in [2.75, 3.05) is 19.7 Å². The van der Waals surface area contributed by atoms with Crippen LogP contribution in [0.4, 0.5) is 4.39 Å². The average molecular weight is 270 g/mol. The van der Waals surface area contributed by atoms with Gasteiger partial charge in [-0.15, -0.1) is 0 Å². The smallest absolute Gasteiger partial charge is 0.127 e. The van der Waals surface area contributed by atoms with E-state index >= 15 is 0 Å². The molecule has 1 saturated carbocycles. The number of ether oxygens (including phenoxy) is 1. The highest BCUT2D eigenvalue weighted by Gasteiger charge is 2.35. The molecule has 0 N–H and O–H groups in total. The predicted octanol–water partition coefficient (Wildman–Crippen LogP) is 3.09.